The van der Waals surface area contributed by atoms with Gasteiger partial charge in [0.15, 0.2) is 0 Å². The third-order valence-corrected chi connectivity index (χ3v) is 8.59. The summed E-state index contributed by atoms with van der Waals surface area (Å²) in [5.41, 5.74) is 6.57. The number of carbonyl (C=O) groups is 2. The summed E-state index contributed by atoms with van der Waals surface area (Å²) >= 11 is 0. The molecule has 8 nitrogen and oxygen atoms in total. The Kier molecular flexibility index (Phi) is 5.41. The average molecular weight is 522 g/mol. The number of aromatic nitrogens is 2. The standard InChI is InChI=1S/C30H31BN4O4/c1-14(2)26(34-30(37)38-3)29(36)35-23-10-16(23)11-24(35)28-32-22-7-4-15-9-21-19-6-5-18(31)8-17(19)13-39-25(21)12-20(15)27(22)33-28/h4-9,12,14,16,23-24,26H,10-11,13,31H2,1-3H3,(H,32,33)(H,34,37)/t16?,23-,24+,26+/m1/s1. The Labute approximate surface area is 227 Å². The van der Waals surface area contributed by atoms with Crippen molar-refractivity contribution in [2.24, 2.45) is 11.8 Å². The Morgan fingerprint density at radius 3 is 2.79 bits per heavy atom. The second-order valence-corrected chi connectivity index (χ2v) is 11.5. The van der Waals surface area contributed by atoms with Crippen molar-refractivity contribution in [2.75, 3.05) is 7.11 Å². The molecule has 39 heavy (non-hydrogen) atoms. The third kappa shape index (κ3) is 3.86. The van der Waals surface area contributed by atoms with Crippen LogP contribution < -0.4 is 15.5 Å². The minimum atomic E-state index is -0.653. The number of ether oxygens (including phenoxy) is 2. The minimum absolute atomic E-state index is 0.0742. The van der Waals surface area contributed by atoms with E-state index >= 15 is 0 Å². The monoisotopic (exact) mass is 522 g/mol. The number of aromatic amines is 1. The van der Waals surface area contributed by atoms with E-state index in [0.717, 1.165) is 51.8 Å². The van der Waals surface area contributed by atoms with Gasteiger partial charge in [0, 0.05) is 17.0 Å². The van der Waals surface area contributed by atoms with E-state index in [2.05, 4.69) is 54.5 Å². The number of carbonyl (C=O) groups excluding carboxylic acids is 2. The highest BCUT2D eigenvalue weighted by molar-refractivity contribution is 6.32. The number of amides is 2. The predicted octanol–water partition coefficient (Wildman–Crippen LogP) is 3.58. The van der Waals surface area contributed by atoms with Crippen LogP contribution in [0.2, 0.25) is 0 Å². The summed E-state index contributed by atoms with van der Waals surface area (Å²) in [6.45, 7) is 4.42. The van der Waals surface area contributed by atoms with E-state index in [-0.39, 0.29) is 23.9 Å². The first-order valence-corrected chi connectivity index (χ1v) is 13.7. The molecule has 0 bridgehead atoms. The smallest absolute Gasteiger partial charge is 0.407 e. The summed E-state index contributed by atoms with van der Waals surface area (Å²) in [6.07, 6.45) is 1.27. The summed E-state index contributed by atoms with van der Waals surface area (Å²) in [5.74, 6) is 1.98. The van der Waals surface area contributed by atoms with Crippen LogP contribution in [0, 0.1) is 11.8 Å². The second kappa shape index (κ2) is 8.76. The number of likely N-dealkylation sites (tertiary alicyclic amines) is 1. The van der Waals surface area contributed by atoms with Crippen molar-refractivity contribution in [3.8, 4) is 16.9 Å². The van der Waals surface area contributed by atoms with Crippen molar-refractivity contribution in [1.82, 2.24) is 20.2 Å². The molecular weight excluding hydrogens is 491 g/mol. The van der Waals surface area contributed by atoms with Gasteiger partial charge in [-0.1, -0.05) is 43.6 Å². The van der Waals surface area contributed by atoms with Gasteiger partial charge in [-0.05, 0) is 59.4 Å². The lowest BCUT2D eigenvalue weighted by Crippen LogP contribution is -2.52. The van der Waals surface area contributed by atoms with E-state index in [1.807, 2.05) is 24.8 Å². The lowest BCUT2D eigenvalue weighted by molar-refractivity contribution is -0.136. The molecule has 4 atom stereocenters. The molecule has 3 aromatic carbocycles. The number of nitrogens with one attached hydrogen (secondary N) is 2. The molecule has 1 saturated heterocycles. The molecule has 1 aromatic heterocycles. The minimum Gasteiger partial charge on any atom is -0.488 e. The van der Waals surface area contributed by atoms with Crippen LogP contribution in [-0.2, 0) is 16.1 Å². The molecule has 2 fully saturated rings. The Morgan fingerprint density at radius 1 is 1.15 bits per heavy atom. The summed E-state index contributed by atoms with van der Waals surface area (Å²) in [5, 5.41) is 4.91. The van der Waals surface area contributed by atoms with Crippen LogP contribution in [0.5, 0.6) is 5.75 Å². The topological polar surface area (TPSA) is 96.6 Å². The normalized spacial score (nSPS) is 21.7. The largest absolute Gasteiger partial charge is 0.488 e. The second-order valence-electron chi connectivity index (χ2n) is 11.5. The number of rotatable bonds is 4. The summed E-state index contributed by atoms with van der Waals surface area (Å²) < 4.78 is 11.0. The van der Waals surface area contributed by atoms with Gasteiger partial charge in [-0.3, -0.25) is 4.79 Å². The first-order chi connectivity index (χ1) is 18.8. The number of imidazole rings is 1. The lowest BCUT2D eigenvalue weighted by atomic mass is 9.88. The number of piperidine rings is 1. The number of alkyl carbamates (subject to hydrolysis) is 1. The molecule has 7 rings (SSSR count). The molecule has 2 amide bonds. The number of H-pyrrole nitrogens is 1. The summed E-state index contributed by atoms with van der Waals surface area (Å²) in [7, 11) is 3.41. The molecule has 0 radical (unpaired) electrons. The van der Waals surface area contributed by atoms with Gasteiger partial charge in [0.2, 0.25) is 5.91 Å². The van der Waals surface area contributed by atoms with Gasteiger partial charge >= 0.3 is 6.09 Å². The molecule has 2 N–H and O–H groups in total. The maximum atomic E-state index is 13.8. The van der Waals surface area contributed by atoms with Crippen molar-refractivity contribution < 1.29 is 19.1 Å². The fraction of sp³-hybridized carbons (Fsp3) is 0.367. The predicted molar refractivity (Wildman–Crippen MR) is 152 cm³/mol. The number of hydrogen-bond donors (Lipinski definition) is 2. The highest BCUT2D eigenvalue weighted by Crippen LogP contribution is 2.53. The fourth-order valence-electron chi connectivity index (χ4n) is 6.48. The fourth-order valence-corrected chi connectivity index (χ4v) is 6.48. The third-order valence-electron chi connectivity index (χ3n) is 8.59. The zero-order valence-electron chi connectivity index (χ0n) is 22.6. The highest BCUT2D eigenvalue weighted by Gasteiger charge is 2.56. The van der Waals surface area contributed by atoms with Crippen LogP contribution in [0.3, 0.4) is 0 Å². The van der Waals surface area contributed by atoms with Gasteiger partial charge in [0.05, 0.1) is 24.2 Å². The summed E-state index contributed by atoms with van der Waals surface area (Å²) in [4.78, 5) is 36.3. The molecule has 9 heteroatoms. The number of nitrogens with zero attached hydrogens (tertiary/aromatic N) is 2. The van der Waals surface area contributed by atoms with Crippen LogP contribution in [0.1, 0.15) is 44.1 Å². The van der Waals surface area contributed by atoms with Crippen LogP contribution >= 0.6 is 0 Å². The van der Waals surface area contributed by atoms with Crippen LogP contribution in [0.25, 0.3) is 32.9 Å². The molecule has 198 valence electrons. The first-order valence-electron chi connectivity index (χ1n) is 13.7. The molecule has 1 aliphatic carbocycles. The Morgan fingerprint density at radius 2 is 2.00 bits per heavy atom. The Hall–Kier alpha value is -4.01. The van der Waals surface area contributed by atoms with Crippen molar-refractivity contribution in [2.45, 2.75) is 51.4 Å². The van der Waals surface area contributed by atoms with E-state index in [4.69, 9.17) is 14.5 Å². The molecule has 1 saturated carbocycles. The number of fused-ring (bicyclic) bond motifs is 7. The molecule has 3 aliphatic rings. The SMILES string of the molecule is Bc1ccc2c(c1)COc1cc3c(ccc4nc([C@@H]5CC6C[C@H]6N5C(=O)[C@@H](NC(=O)OC)C(C)C)[nH]c43)cc1-2. The summed E-state index contributed by atoms with van der Waals surface area (Å²) in [6, 6.07) is 14.4. The van der Waals surface area contributed by atoms with Crippen LogP contribution in [-0.4, -0.2) is 53.9 Å². The lowest BCUT2D eigenvalue weighted by Gasteiger charge is -2.31. The van der Waals surface area contributed by atoms with Gasteiger partial charge in [0.25, 0.3) is 0 Å². The van der Waals surface area contributed by atoms with E-state index < -0.39 is 12.1 Å². The molecule has 3 heterocycles. The Balaban J connectivity index is 1.26. The van der Waals surface area contributed by atoms with Crippen molar-refractivity contribution in [3.63, 3.8) is 0 Å². The van der Waals surface area contributed by atoms with Crippen LogP contribution in [0.15, 0.2) is 42.5 Å². The van der Waals surface area contributed by atoms with E-state index in [1.54, 1.807) is 0 Å². The maximum absolute atomic E-state index is 13.8. The molecule has 4 aromatic rings. The van der Waals surface area contributed by atoms with E-state index in [1.165, 1.54) is 23.7 Å². The van der Waals surface area contributed by atoms with Crippen LogP contribution in [0.4, 0.5) is 4.79 Å². The number of hydrogen-bond acceptors (Lipinski definition) is 5. The van der Waals surface area contributed by atoms with Gasteiger partial charge in [-0.2, -0.15) is 0 Å². The highest BCUT2D eigenvalue weighted by atomic mass is 16.5. The van der Waals surface area contributed by atoms with Gasteiger partial charge in [-0.25, -0.2) is 9.78 Å². The van der Waals surface area contributed by atoms with Gasteiger partial charge < -0.3 is 24.7 Å². The Bertz CT molecular complexity index is 1660. The van der Waals surface area contributed by atoms with E-state index in [0.29, 0.717) is 12.5 Å². The van der Waals surface area contributed by atoms with Gasteiger partial charge in [0.1, 0.15) is 32.1 Å². The van der Waals surface area contributed by atoms with E-state index in [9.17, 15) is 9.59 Å². The number of methoxy groups -OCH3 is 1. The van der Waals surface area contributed by atoms with Crippen molar-refractivity contribution in [3.05, 3.63) is 53.9 Å². The quantitative estimate of drug-likeness (QED) is 0.400. The van der Waals surface area contributed by atoms with Gasteiger partial charge in [-0.15, -0.1) is 0 Å². The zero-order chi connectivity index (χ0) is 27.0. The molecule has 0 spiro atoms. The first kappa shape index (κ1) is 24.1. The van der Waals surface area contributed by atoms with Crippen molar-refractivity contribution >= 4 is 47.1 Å². The maximum Gasteiger partial charge on any atom is 0.407 e. The molecular formula is C30H31BN4O4. The molecule has 2 aliphatic heterocycles. The molecule has 1 unspecified atom stereocenters. The van der Waals surface area contributed by atoms with Crippen molar-refractivity contribution in [1.29, 1.82) is 0 Å². The zero-order valence-corrected chi connectivity index (χ0v) is 22.6. The number of benzene rings is 3. The average Bonchev–Trinajstić information content (AvgIpc) is 3.37.